The monoisotopic (exact) mass is 344 g/mol. The molecule has 0 aliphatic heterocycles. The number of anilines is 1. The summed E-state index contributed by atoms with van der Waals surface area (Å²) < 4.78 is 0. The average molecular weight is 344 g/mol. The van der Waals surface area contributed by atoms with Crippen LogP contribution in [0.4, 0.5) is 10.5 Å². The lowest BCUT2D eigenvalue weighted by molar-refractivity contribution is -0.527. The molecule has 1 aromatic rings. The van der Waals surface area contributed by atoms with Gasteiger partial charge in [-0.2, -0.15) is 10.1 Å². The summed E-state index contributed by atoms with van der Waals surface area (Å²) in [6.45, 7) is 0. The van der Waals surface area contributed by atoms with Crippen LogP contribution in [0.15, 0.2) is 35.4 Å². The van der Waals surface area contributed by atoms with Crippen molar-refractivity contribution in [2.24, 2.45) is 22.7 Å². The van der Waals surface area contributed by atoms with Gasteiger partial charge in [0, 0.05) is 29.6 Å². The number of Topliss-reactive ketones (excluding diaryl/α,β-unsaturated/α-hetero) is 2. The third kappa shape index (κ3) is 3.00. The zero-order chi connectivity index (χ0) is 18.1. The summed E-state index contributed by atoms with van der Waals surface area (Å²) >= 11 is 0. The van der Waals surface area contributed by atoms with Gasteiger partial charge < -0.3 is 5.73 Å². The zero-order valence-electron chi connectivity index (χ0n) is 13.2. The van der Waals surface area contributed by atoms with Gasteiger partial charge in [0.05, 0.1) is 5.69 Å². The largest absolute Gasteiger partial charge is 0.350 e. The summed E-state index contributed by atoms with van der Waals surface area (Å²) in [7, 11) is 0. The van der Waals surface area contributed by atoms with Crippen molar-refractivity contribution in [3.63, 3.8) is 0 Å². The molecule has 0 heterocycles. The van der Waals surface area contributed by atoms with Crippen LogP contribution in [0.3, 0.4) is 0 Å². The quantitative estimate of drug-likeness (QED) is 0.647. The predicted molar refractivity (Wildman–Crippen MR) is 87.6 cm³/mol. The maximum absolute atomic E-state index is 12.6. The molecule has 2 amide bonds. The fourth-order valence-corrected chi connectivity index (χ4v) is 3.42. The number of carbonyl (C=O) groups is 3. The van der Waals surface area contributed by atoms with Crippen molar-refractivity contribution >= 4 is 29.0 Å². The average Bonchev–Trinajstić information content (AvgIpc) is 2.84. The van der Waals surface area contributed by atoms with Crippen LogP contribution in [0.5, 0.6) is 0 Å². The van der Waals surface area contributed by atoms with Gasteiger partial charge in [-0.25, -0.2) is 4.79 Å². The molecule has 3 unspecified atom stereocenters. The molecular formula is C16H16N4O5. The second kappa shape index (κ2) is 6.42. The smallest absolute Gasteiger partial charge is 0.340 e. The fourth-order valence-electron chi connectivity index (χ4n) is 3.42. The first-order chi connectivity index (χ1) is 11.9. The van der Waals surface area contributed by atoms with Gasteiger partial charge >= 0.3 is 6.03 Å². The molecule has 2 fully saturated rings. The van der Waals surface area contributed by atoms with Crippen LogP contribution in [0.1, 0.15) is 19.3 Å². The summed E-state index contributed by atoms with van der Waals surface area (Å²) in [4.78, 5) is 47.3. The second-order valence-corrected chi connectivity index (χ2v) is 6.13. The van der Waals surface area contributed by atoms with E-state index >= 15 is 0 Å². The highest BCUT2D eigenvalue weighted by Gasteiger charge is 2.52. The molecule has 3 atom stereocenters. The van der Waals surface area contributed by atoms with Crippen molar-refractivity contribution in [2.45, 2.75) is 25.3 Å². The van der Waals surface area contributed by atoms with Crippen molar-refractivity contribution in [3.05, 3.63) is 40.4 Å². The topological polar surface area (TPSA) is 136 Å². The van der Waals surface area contributed by atoms with E-state index in [9.17, 15) is 24.5 Å². The number of carbonyl (C=O) groups excluding carboxylic acids is 3. The molecule has 2 aliphatic carbocycles. The molecule has 2 saturated carbocycles. The number of nitro groups is 1. The highest BCUT2D eigenvalue weighted by atomic mass is 16.6. The zero-order valence-corrected chi connectivity index (χ0v) is 13.2. The molecule has 0 spiro atoms. The van der Waals surface area contributed by atoms with Crippen molar-refractivity contribution in [1.82, 2.24) is 0 Å². The first-order valence-electron chi connectivity index (χ1n) is 7.85. The number of primary amides is 1. The SMILES string of the molecule is NC(=O)N(/N=C1/C(=O)C2CCC([N+](=O)[O-])CC2C1=O)c1ccccc1. The number of fused-ring (bicyclic) bond motifs is 1. The van der Waals surface area contributed by atoms with Gasteiger partial charge in [-0.1, -0.05) is 18.2 Å². The lowest BCUT2D eigenvalue weighted by atomic mass is 9.79. The Morgan fingerprint density at radius 1 is 1.16 bits per heavy atom. The Balaban J connectivity index is 1.93. The fraction of sp³-hybridized carbons (Fsp3) is 0.375. The van der Waals surface area contributed by atoms with E-state index in [0.717, 1.165) is 5.01 Å². The maximum atomic E-state index is 12.6. The molecule has 130 valence electrons. The van der Waals surface area contributed by atoms with E-state index in [-0.39, 0.29) is 25.0 Å². The van der Waals surface area contributed by atoms with Gasteiger partial charge in [0.25, 0.3) is 0 Å². The van der Waals surface area contributed by atoms with E-state index in [1.165, 1.54) is 0 Å². The number of hydrogen-bond donors (Lipinski definition) is 1. The molecule has 0 aromatic heterocycles. The summed E-state index contributed by atoms with van der Waals surface area (Å²) in [5.41, 5.74) is 5.28. The molecule has 9 heteroatoms. The summed E-state index contributed by atoms with van der Waals surface area (Å²) in [5, 5.41) is 15.7. The van der Waals surface area contributed by atoms with Crippen LogP contribution in [-0.2, 0) is 9.59 Å². The van der Waals surface area contributed by atoms with Gasteiger partial charge in [0.1, 0.15) is 0 Å². The molecule has 9 nitrogen and oxygen atoms in total. The molecule has 1 aromatic carbocycles. The van der Waals surface area contributed by atoms with Gasteiger partial charge in [-0.3, -0.25) is 19.7 Å². The second-order valence-electron chi connectivity index (χ2n) is 6.13. The highest BCUT2D eigenvalue weighted by molar-refractivity contribution is 6.70. The van der Waals surface area contributed by atoms with E-state index in [2.05, 4.69) is 5.10 Å². The Hall–Kier alpha value is -3.10. The van der Waals surface area contributed by atoms with Gasteiger partial charge in [0.2, 0.25) is 6.04 Å². The normalized spacial score (nSPS) is 27.2. The van der Waals surface area contributed by atoms with Crippen LogP contribution < -0.4 is 10.7 Å². The Bertz CT molecular complexity index is 776. The Labute approximate surface area is 142 Å². The molecule has 2 N–H and O–H groups in total. The van der Waals surface area contributed by atoms with Crippen LogP contribution >= 0.6 is 0 Å². The van der Waals surface area contributed by atoms with E-state index in [4.69, 9.17) is 5.73 Å². The summed E-state index contributed by atoms with van der Waals surface area (Å²) in [6, 6.07) is 6.41. The number of ketones is 2. The number of hydrazone groups is 1. The van der Waals surface area contributed by atoms with Gasteiger partial charge in [0.15, 0.2) is 17.3 Å². The third-order valence-corrected chi connectivity index (χ3v) is 4.67. The number of benzene rings is 1. The Morgan fingerprint density at radius 2 is 1.80 bits per heavy atom. The molecule has 0 bridgehead atoms. The number of rotatable bonds is 3. The van der Waals surface area contributed by atoms with Gasteiger partial charge in [-0.05, 0) is 18.6 Å². The number of amides is 2. The number of nitrogens with two attached hydrogens (primary N) is 1. The van der Waals surface area contributed by atoms with Crippen LogP contribution in [-0.4, -0.2) is 34.3 Å². The molecular weight excluding hydrogens is 328 g/mol. The van der Waals surface area contributed by atoms with Crippen molar-refractivity contribution in [1.29, 1.82) is 0 Å². The first kappa shape index (κ1) is 16.7. The van der Waals surface area contributed by atoms with Crippen molar-refractivity contribution in [3.8, 4) is 0 Å². The van der Waals surface area contributed by atoms with Gasteiger partial charge in [-0.15, -0.1) is 0 Å². The van der Waals surface area contributed by atoms with Crippen LogP contribution in [0, 0.1) is 22.0 Å². The van der Waals surface area contributed by atoms with E-state index in [1.807, 2.05) is 0 Å². The number of nitrogens with zero attached hydrogens (tertiary/aromatic N) is 3. The summed E-state index contributed by atoms with van der Waals surface area (Å²) in [6.07, 6.45) is 0.531. The maximum Gasteiger partial charge on any atom is 0.340 e. The van der Waals surface area contributed by atoms with Crippen LogP contribution in [0.2, 0.25) is 0 Å². The lowest BCUT2D eigenvalue weighted by Crippen LogP contribution is -2.34. The third-order valence-electron chi connectivity index (χ3n) is 4.67. The molecule has 0 saturated heterocycles. The first-order valence-corrected chi connectivity index (χ1v) is 7.85. The number of urea groups is 1. The predicted octanol–water partition coefficient (Wildman–Crippen LogP) is 1.14. The molecule has 2 aliphatic rings. The lowest BCUT2D eigenvalue weighted by Gasteiger charge is -2.24. The molecule has 25 heavy (non-hydrogen) atoms. The van der Waals surface area contributed by atoms with Crippen LogP contribution in [0.25, 0.3) is 0 Å². The number of hydrogen-bond acceptors (Lipinski definition) is 6. The minimum atomic E-state index is -0.933. The molecule has 3 rings (SSSR count). The Morgan fingerprint density at radius 3 is 2.40 bits per heavy atom. The summed E-state index contributed by atoms with van der Waals surface area (Å²) in [5.74, 6) is -2.38. The Kier molecular flexibility index (Phi) is 4.30. The minimum absolute atomic E-state index is 0.0170. The minimum Gasteiger partial charge on any atom is -0.350 e. The van der Waals surface area contributed by atoms with E-state index < -0.39 is 40.4 Å². The van der Waals surface area contributed by atoms with Crippen molar-refractivity contribution in [2.75, 3.05) is 5.01 Å². The highest BCUT2D eigenvalue weighted by Crippen LogP contribution is 2.38. The van der Waals surface area contributed by atoms with E-state index in [0.29, 0.717) is 5.69 Å². The molecule has 0 radical (unpaired) electrons. The van der Waals surface area contributed by atoms with Crippen molar-refractivity contribution < 1.29 is 19.3 Å². The number of para-hydroxylation sites is 1. The standard InChI is InChI=1S/C16H16N4O5/c17-16(23)19(9-4-2-1-3-5-9)18-13-14(21)11-7-6-10(20(24)25)8-12(11)15(13)22/h1-5,10-12H,6-8H2,(H2,17,23)/b18-13-. The van der Waals surface area contributed by atoms with E-state index in [1.54, 1.807) is 30.3 Å².